The van der Waals surface area contributed by atoms with E-state index < -0.39 is 0 Å². The van der Waals surface area contributed by atoms with Crippen LogP contribution in [0.4, 0.5) is 0 Å². The average Bonchev–Trinajstić information content (AvgIpc) is 2.35. The number of halogens is 2. The molecule has 1 aromatic rings. The Bertz CT molecular complexity index is 334. The van der Waals surface area contributed by atoms with Gasteiger partial charge in [-0.15, -0.1) is 11.6 Å². The first-order valence-corrected chi connectivity index (χ1v) is 7.64. The Labute approximate surface area is 122 Å². The number of alkyl halides is 1. The summed E-state index contributed by atoms with van der Waals surface area (Å²) in [5.41, 5.74) is 1.41. The number of piperazine rings is 1. The van der Waals surface area contributed by atoms with Crippen LogP contribution in [0, 0.1) is 3.57 Å². The highest BCUT2D eigenvalue weighted by Crippen LogP contribution is 2.11. The van der Waals surface area contributed by atoms with E-state index in [2.05, 4.69) is 56.7 Å². The van der Waals surface area contributed by atoms with Crippen molar-refractivity contribution in [2.45, 2.75) is 6.54 Å². The summed E-state index contributed by atoms with van der Waals surface area (Å²) >= 11 is 8.11. The van der Waals surface area contributed by atoms with E-state index in [1.165, 1.54) is 9.13 Å². The third-order valence-electron chi connectivity index (χ3n) is 3.19. The van der Waals surface area contributed by atoms with Crippen molar-refractivity contribution in [2.24, 2.45) is 0 Å². The zero-order chi connectivity index (χ0) is 12.1. The van der Waals surface area contributed by atoms with Gasteiger partial charge in [0.1, 0.15) is 0 Å². The van der Waals surface area contributed by atoms with Crippen LogP contribution in [-0.2, 0) is 6.54 Å². The van der Waals surface area contributed by atoms with Crippen molar-refractivity contribution in [3.8, 4) is 0 Å². The molecule has 4 heteroatoms. The Kier molecular flexibility index (Phi) is 5.53. The predicted octanol–water partition coefficient (Wildman–Crippen LogP) is 2.65. The lowest BCUT2D eigenvalue weighted by atomic mass is 10.2. The molecular weight excluding hydrogens is 347 g/mol. The molecule has 0 spiro atoms. The molecular formula is C13H18ClIN2. The minimum Gasteiger partial charge on any atom is -0.300 e. The molecule has 1 fully saturated rings. The summed E-state index contributed by atoms with van der Waals surface area (Å²) < 4.78 is 1.30. The first-order chi connectivity index (χ1) is 8.28. The van der Waals surface area contributed by atoms with Gasteiger partial charge in [0.25, 0.3) is 0 Å². The maximum absolute atomic E-state index is 5.76. The van der Waals surface area contributed by atoms with Crippen LogP contribution in [0.5, 0.6) is 0 Å². The Morgan fingerprint density at radius 3 is 2.18 bits per heavy atom. The molecule has 2 rings (SSSR count). The van der Waals surface area contributed by atoms with Crippen molar-refractivity contribution in [3.05, 3.63) is 33.4 Å². The summed E-state index contributed by atoms with van der Waals surface area (Å²) in [6, 6.07) is 8.82. The molecule has 1 heterocycles. The first kappa shape index (κ1) is 13.6. The molecule has 2 nitrogen and oxygen atoms in total. The monoisotopic (exact) mass is 364 g/mol. The van der Waals surface area contributed by atoms with Crippen LogP contribution >= 0.6 is 34.2 Å². The average molecular weight is 365 g/mol. The van der Waals surface area contributed by atoms with Gasteiger partial charge in [-0.1, -0.05) is 12.1 Å². The highest BCUT2D eigenvalue weighted by Gasteiger charge is 2.15. The van der Waals surface area contributed by atoms with Crippen molar-refractivity contribution in [1.29, 1.82) is 0 Å². The lowest BCUT2D eigenvalue weighted by molar-refractivity contribution is 0.132. The van der Waals surface area contributed by atoms with Crippen LogP contribution < -0.4 is 0 Å². The molecule has 0 bridgehead atoms. The fourth-order valence-electron chi connectivity index (χ4n) is 2.14. The predicted molar refractivity (Wildman–Crippen MR) is 81.6 cm³/mol. The zero-order valence-corrected chi connectivity index (χ0v) is 12.8. The lowest BCUT2D eigenvalue weighted by Crippen LogP contribution is -2.46. The summed E-state index contributed by atoms with van der Waals surface area (Å²) in [5.74, 6) is 0.747. The second-order valence-corrected chi connectivity index (χ2v) is 6.06. The van der Waals surface area contributed by atoms with E-state index in [4.69, 9.17) is 11.6 Å². The Morgan fingerprint density at radius 1 is 1.00 bits per heavy atom. The molecule has 17 heavy (non-hydrogen) atoms. The molecule has 0 aromatic heterocycles. The highest BCUT2D eigenvalue weighted by molar-refractivity contribution is 14.1. The maximum Gasteiger partial charge on any atom is 0.0351 e. The van der Waals surface area contributed by atoms with Gasteiger partial charge in [-0.25, -0.2) is 0 Å². The number of hydrogen-bond acceptors (Lipinski definition) is 2. The molecule has 1 aliphatic heterocycles. The van der Waals surface area contributed by atoms with E-state index in [9.17, 15) is 0 Å². The Morgan fingerprint density at radius 2 is 1.59 bits per heavy atom. The van der Waals surface area contributed by atoms with Gasteiger partial charge in [0, 0.05) is 48.7 Å². The standard InChI is InChI=1S/C13H18ClIN2/c14-5-6-16-7-9-17(10-8-16)11-12-1-3-13(15)4-2-12/h1-4H,5-11H2. The van der Waals surface area contributed by atoms with Crippen molar-refractivity contribution in [2.75, 3.05) is 38.6 Å². The normalized spacial score (nSPS) is 18.5. The van der Waals surface area contributed by atoms with Gasteiger partial charge in [-0.2, -0.15) is 0 Å². The first-order valence-electron chi connectivity index (χ1n) is 6.03. The summed E-state index contributed by atoms with van der Waals surface area (Å²) in [6.07, 6.45) is 0. The van der Waals surface area contributed by atoms with Crippen LogP contribution in [0.2, 0.25) is 0 Å². The SMILES string of the molecule is ClCCN1CCN(Cc2ccc(I)cc2)CC1. The number of benzene rings is 1. The third-order valence-corrected chi connectivity index (χ3v) is 4.07. The van der Waals surface area contributed by atoms with Gasteiger partial charge in [0.15, 0.2) is 0 Å². The summed E-state index contributed by atoms with van der Waals surface area (Å²) in [4.78, 5) is 4.96. The largest absolute Gasteiger partial charge is 0.300 e. The minimum absolute atomic E-state index is 0.747. The summed E-state index contributed by atoms with van der Waals surface area (Å²) in [5, 5.41) is 0. The van der Waals surface area contributed by atoms with Crippen LogP contribution in [0.1, 0.15) is 5.56 Å². The van der Waals surface area contributed by atoms with E-state index in [1.54, 1.807) is 0 Å². The molecule has 0 unspecified atom stereocenters. The number of hydrogen-bond donors (Lipinski definition) is 0. The van der Waals surface area contributed by atoms with Crippen LogP contribution in [0.15, 0.2) is 24.3 Å². The van der Waals surface area contributed by atoms with E-state index in [-0.39, 0.29) is 0 Å². The smallest absolute Gasteiger partial charge is 0.0351 e. The van der Waals surface area contributed by atoms with E-state index >= 15 is 0 Å². The number of rotatable bonds is 4. The summed E-state index contributed by atoms with van der Waals surface area (Å²) in [7, 11) is 0. The zero-order valence-electron chi connectivity index (χ0n) is 9.91. The van der Waals surface area contributed by atoms with Gasteiger partial charge in [-0.3, -0.25) is 9.80 Å². The van der Waals surface area contributed by atoms with E-state index in [0.717, 1.165) is 45.1 Å². The third kappa shape index (κ3) is 4.39. The quantitative estimate of drug-likeness (QED) is 0.599. The minimum atomic E-state index is 0.747. The van der Waals surface area contributed by atoms with Crippen molar-refractivity contribution < 1.29 is 0 Å². The second-order valence-electron chi connectivity index (χ2n) is 4.43. The van der Waals surface area contributed by atoms with Gasteiger partial charge >= 0.3 is 0 Å². The topological polar surface area (TPSA) is 6.48 Å². The molecule has 1 aliphatic rings. The second kappa shape index (κ2) is 6.92. The van der Waals surface area contributed by atoms with Gasteiger partial charge in [-0.05, 0) is 40.3 Å². The number of nitrogens with zero attached hydrogens (tertiary/aromatic N) is 2. The molecule has 0 N–H and O–H groups in total. The maximum atomic E-state index is 5.76. The molecule has 1 saturated heterocycles. The van der Waals surface area contributed by atoms with Gasteiger partial charge < -0.3 is 0 Å². The van der Waals surface area contributed by atoms with Gasteiger partial charge in [0.05, 0.1) is 0 Å². The van der Waals surface area contributed by atoms with Crippen LogP contribution in [0.25, 0.3) is 0 Å². The Hall–Kier alpha value is 0.160. The van der Waals surface area contributed by atoms with Crippen LogP contribution in [-0.4, -0.2) is 48.4 Å². The molecule has 94 valence electrons. The summed E-state index contributed by atoms with van der Waals surface area (Å²) in [6.45, 7) is 6.71. The Balaban J connectivity index is 1.79. The fourth-order valence-corrected chi connectivity index (χ4v) is 2.74. The molecule has 0 saturated carbocycles. The fraction of sp³-hybridized carbons (Fsp3) is 0.538. The van der Waals surface area contributed by atoms with Crippen molar-refractivity contribution >= 4 is 34.2 Å². The molecule has 0 amide bonds. The molecule has 0 atom stereocenters. The van der Waals surface area contributed by atoms with Crippen LogP contribution in [0.3, 0.4) is 0 Å². The van der Waals surface area contributed by atoms with E-state index in [1.807, 2.05) is 0 Å². The van der Waals surface area contributed by atoms with Gasteiger partial charge in [0.2, 0.25) is 0 Å². The van der Waals surface area contributed by atoms with E-state index in [0.29, 0.717) is 0 Å². The lowest BCUT2D eigenvalue weighted by Gasteiger charge is -2.34. The molecule has 0 radical (unpaired) electrons. The van der Waals surface area contributed by atoms with Crippen molar-refractivity contribution in [3.63, 3.8) is 0 Å². The molecule has 0 aliphatic carbocycles. The molecule has 1 aromatic carbocycles. The highest BCUT2D eigenvalue weighted by atomic mass is 127. The van der Waals surface area contributed by atoms with Crippen molar-refractivity contribution in [1.82, 2.24) is 9.80 Å².